The number of nitrogens with one attached hydrogen (secondary N) is 1. The van der Waals surface area contributed by atoms with Gasteiger partial charge in [0.2, 0.25) is 11.9 Å². The molecule has 0 spiro atoms. The van der Waals surface area contributed by atoms with E-state index in [1.54, 1.807) is 0 Å². The first-order valence-corrected chi connectivity index (χ1v) is 5.14. The summed E-state index contributed by atoms with van der Waals surface area (Å²) in [7, 11) is 0. The van der Waals surface area contributed by atoms with E-state index in [4.69, 9.17) is 15.6 Å². The molecule has 1 aromatic rings. The highest BCUT2D eigenvalue weighted by Gasteiger charge is 2.06. The van der Waals surface area contributed by atoms with Crippen LogP contribution in [0, 0.1) is 5.92 Å². The van der Waals surface area contributed by atoms with Crippen molar-refractivity contribution in [3.8, 4) is 6.01 Å². The first-order valence-electron chi connectivity index (χ1n) is 5.14. The van der Waals surface area contributed by atoms with Gasteiger partial charge in [-0.25, -0.2) is 0 Å². The van der Waals surface area contributed by atoms with Crippen LogP contribution < -0.4 is 15.8 Å². The van der Waals surface area contributed by atoms with Gasteiger partial charge >= 0.3 is 6.01 Å². The second kappa shape index (κ2) is 6.06. The molecule has 1 heterocycles. The fraction of sp³-hybridized carbons (Fsp3) is 0.667. The first kappa shape index (κ1) is 12.4. The van der Waals surface area contributed by atoms with E-state index in [1.807, 2.05) is 13.8 Å². The highest BCUT2D eigenvalue weighted by molar-refractivity contribution is 5.32. The Morgan fingerprint density at radius 1 is 1.44 bits per heavy atom. The second-order valence-corrected chi connectivity index (χ2v) is 3.40. The van der Waals surface area contributed by atoms with Gasteiger partial charge in [-0.1, -0.05) is 6.92 Å². The molecular weight excluding hydrogens is 210 g/mol. The Morgan fingerprint density at radius 2 is 2.19 bits per heavy atom. The third kappa shape index (κ3) is 3.85. The molecule has 0 amide bonds. The number of hydrogen-bond donors (Lipinski definition) is 3. The van der Waals surface area contributed by atoms with Crippen molar-refractivity contribution in [3.63, 3.8) is 0 Å². The van der Waals surface area contributed by atoms with Gasteiger partial charge in [0, 0.05) is 13.2 Å². The maximum atomic E-state index is 8.86. The van der Waals surface area contributed by atoms with Gasteiger partial charge in [0.15, 0.2) is 0 Å². The lowest BCUT2D eigenvalue weighted by Crippen LogP contribution is -2.17. The van der Waals surface area contributed by atoms with E-state index >= 15 is 0 Å². The van der Waals surface area contributed by atoms with E-state index < -0.39 is 0 Å². The van der Waals surface area contributed by atoms with Gasteiger partial charge in [-0.15, -0.1) is 0 Å². The predicted molar refractivity (Wildman–Crippen MR) is 60.1 cm³/mol. The van der Waals surface area contributed by atoms with Crippen molar-refractivity contribution in [2.75, 3.05) is 30.8 Å². The largest absolute Gasteiger partial charge is 0.464 e. The Hall–Kier alpha value is -1.63. The minimum atomic E-state index is 0.103. The van der Waals surface area contributed by atoms with Crippen LogP contribution in [0.25, 0.3) is 0 Å². The number of nitrogen functional groups attached to an aromatic ring is 1. The molecule has 0 aromatic carbocycles. The zero-order valence-corrected chi connectivity index (χ0v) is 9.47. The number of aliphatic hydroxyl groups excluding tert-OH is 1. The maximum Gasteiger partial charge on any atom is 0.323 e. The normalized spacial score (nSPS) is 12.2. The molecule has 90 valence electrons. The average molecular weight is 227 g/mol. The summed E-state index contributed by atoms with van der Waals surface area (Å²) in [6.45, 7) is 4.87. The van der Waals surface area contributed by atoms with Crippen LogP contribution in [0.5, 0.6) is 6.01 Å². The number of ether oxygens (including phenoxy) is 1. The number of hydrogen-bond acceptors (Lipinski definition) is 7. The van der Waals surface area contributed by atoms with E-state index in [-0.39, 0.29) is 24.5 Å². The summed E-state index contributed by atoms with van der Waals surface area (Å²) < 4.78 is 5.13. The first-order chi connectivity index (χ1) is 7.65. The molecule has 7 nitrogen and oxygen atoms in total. The van der Waals surface area contributed by atoms with Crippen molar-refractivity contribution < 1.29 is 9.84 Å². The Morgan fingerprint density at radius 3 is 2.81 bits per heavy atom. The standard InChI is InChI=1S/C9H17N5O2/c1-3-16-9-13-7(10)12-8(14-9)11-4-6(2)5-15/h6,15H,3-5H2,1-2H3,(H3,10,11,12,13,14). The smallest absolute Gasteiger partial charge is 0.323 e. The highest BCUT2D eigenvalue weighted by Crippen LogP contribution is 2.09. The molecule has 0 aliphatic carbocycles. The van der Waals surface area contributed by atoms with Crippen molar-refractivity contribution in [1.82, 2.24) is 15.0 Å². The van der Waals surface area contributed by atoms with Crippen molar-refractivity contribution >= 4 is 11.9 Å². The van der Waals surface area contributed by atoms with E-state index in [0.717, 1.165) is 0 Å². The SMILES string of the molecule is CCOc1nc(N)nc(NCC(C)CO)n1. The zero-order chi connectivity index (χ0) is 12.0. The summed E-state index contributed by atoms with van der Waals surface area (Å²) in [5.41, 5.74) is 5.50. The lowest BCUT2D eigenvalue weighted by atomic mass is 10.2. The monoisotopic (exact) mass is 227 g/mol. The molecule has 4 N–H and O–H groups in total. The van der Waals surface area contributed by atoms with Crippen LogP contribution in [0.4, 0.5) is 11.9 Å². The molecular formula is C9H17N5O2. The molecule has 1 unspecified atom stereocenters. The third-order valence-electron chi connectivity index (χ3n) is 1.83. The van der Waals surface area contributed by atoms with Crippen molar-refractivity contribution in [3.05, 3.63) is 0 Å². The number of nitrogens with zero attached hydrogens (tertiary/aromatic N) is 3. The molecule has 0 fully saturated rings. The minimum Gasteiger partial charge on any atom is -0.464 e. The van der Waals surface area contributed by atoms with E-state index in [1.165, 1.54) is 0 Å². The van der Waals surface area contributed by atoms with E-state index in [0.29, 0.717) is 19.1 Å². The van der Waals surface area contributed by atoms with Crippen LogP contribution in [0.1, 0.15) is 13.8 Å². The topological polar surface area (TPSA) is 106 Å². The van der Waals surface area contributed by atoms with Gasteiger partial charge in [0.1, 0.15) is 0 Å². The molecule has 0 radical (unpaired) electrons. The van der Waals surface area contributed by atoms with Gasteiger partial charge in [0.25, 0.3) is 0 Å². The minimum absolute atomic E-state index is 0.103. The number of rotatable bonds is 6. The summed E-state index contributed by atoms with van der Waals surface area (Å²) in [5.74, 6) is 0.586. The number of aromatic nitrogens is 3. The molecule has 1 aromatic heterocycles. The summed E-state index contributed by atoms with van der Waals surface area (Å²) >= 11 is 0. The Kier molecular flexibility index (Phi) is 4.71. The van der Waals surface area contributed by atoms with Gasteiger partial charge in [-0.2, -0.15) is 15.0 Å². The second-order valence-electron chi connectivity index (χ2n) is 3.40. The van der Waals surface area contributed by atoms with Crippen molar-refractivity contribution in [2.45, 2.75) is 13.8 Å². The summed E-state index contributed by atoms with van der Waals surface area (Å²) in [5, 5.41) is 11.8. The van der Waals surface area contributed by atoms with Gasteiger partial charge < -0.3 is 20.9 Å². The predicted octanol–water partition coefficient (Wildman–Crippen LogP) is -0.107. The molecule has 0 aliphatic heterocycles. The highest BCUT2D eigenvalue weighted by atomic mass is 16.5. The Labute approximate surface area is 94.1 Å². The fourth-order valence-corrected chi connectivity index (χ4v) is 0.975. The third-order valence-corrected chi connectivity index (χ3v) is 1.83. The summed E-state index contributed by atoms with van der Waals surface area (Å²) in [4.78, 5) is 11.7. The molecule has 0 saturated carbocycles. The molecule has 1 atom stereocenters. The van der Waals surface area contributed by atoms with Crippen molar-refractivity contribution in [2.24, 2.45) is 5.92 Å². The zero-order valence-electron chi connectivity index (χ0n) is 9.47. The molecule has 0 saturated heterocycles. The lowest BCUT2D eigenvalue weighted by molar-refractivity contribution is 0.244. The van der Waals surface area contributed by atoms with E-state index in [9.17, 15) is 0 Å². The quantitative estimate of drug-likeness (QED) is 0.622. The van der Waals surface area contributed by atoms with Crippen LogP contribution in [-0.4, -0.2) is 39.8 Å². The summed E-state index contributed by atoms with van der Waals surface area (Å²) in [6, 6.07) is 0.203. The number of nitrogens with two attached hydrogens (primary N) is 1. The Balaban J connectivity index is 2.64. The molecule has 7 heteroatoms. The van der Waals surface area contributed by atoms with Gasteiger partial charge in [0.05, 0.1) is 6.61 Å². The average Bonchev–Trinajstić information content (AvgIpc) is 2.25. The molecule has 1 rings (SSSR count). The van der Waals surface area contributed by atoms with Crippen LogP contribution in [-0.2, 0) is 0 Å². The lowest BCUT2D eigenvalue weighted by Gasteiger charge is -2.10. The fourth-order valence-electron chi connectivity index (χ4n) is 0.975. The number of anilines is 2. The van der Waals surface area contributed by atoms with E-state index in [2.05, 4.69) is 20.3 Å². The van der Waals surface area contributed by atoms with Crippen LogP contribution >= 0.6 is 0 Å². The Bertz CT molecular complexity index is 334. The van der Waals surface area contributed by atoms with Gasteiger partial charge in [-0.3, -0.25) is 0 Å². The summed E-state index contributed by atoms with van der Waals surface area (Å²) in [6.07, 6.45) is 0. The molecule has 16 heavy (non-hydrogen) atoms. The molecule has 0 bridgehead atoms. The van der Waals surface area contributed by atoms with Crippen LogP contribution in [0.3, 0.4) is 0 Å². The van der Waals surface area contributed by atoms with Gasteiger partial charge in [-0.05, 0) is 12.8 Å². The maximum absolute atomic E-state index is 8.86. The van der Waals surface area contributed by atoms with Crippen LogP contribution in [0.15, 0.2) is 0 Å². The van der Waals surface area contributed by atoms with Crippen molar-refractivity contribution in [1.29, 1.82) is 0 Å². The molecule has 0 aliphatic rings. The van der Waals surface area contributed by atoms with Crippen LogP contribution in [0.2, 0.25) is 0 Å². The number of aliphatic hydroxyl groups is 1.